The quantitative estimate of drug-likeness (QED) is 0.783. The van der Waals surface area contributed by atoms with Crippen LogP contribution >= 0.6 is 22.7 Å². The van der Waals surface area contributed by atoms with Gasteiger partial charge in [-0.1, -0.05) is 11.3 Å². The first-order valence-corrected chi connectivity index (χ1v) is 7.92. The van der Waals surface area contributed by atoms with Gasteiger partial charge in [-0.2, -0.15) is 0 Å². The van der Waals surface area contributed by atoms with Gasteiger partial charge in [0.05, 0.1) is 23.4 Å². The Hall–Kier alpha value is -1.66. The molecule has 20 heavy (non-hydrogen) atoms. The fraction of sp³-hybridized carbons (Fsp3) is 0.286. The maximum absolute atomic E-state index is 5.23. The van der Waals surface area contributed by atoms with E-state index in [2.05, 4.69) is 29.1 Å². The molecule has 2 heterocycles. The first kappa shape index (κ1) is 13.3. The van der Waals surface area contributed by atoms with Gasteiger partial charge in [-0.15, -0.1) is 11.3 Å². The van der Waals surface area contributed by atoms with E-state index < -0.39 is 0 Å². The summed E-state index contributed by atoms with van der Waals surface area (Å²) in [5.74, 6) is 0.858. The van der Waals surface area contributed by atoms with Crippen molar-refractivity contribution in [2.75, 3.05) is 12.4 Å². The maximum Gasteiger partial charge on any atom is 0.184 e. The van der Waals surface area contributed by atoms with Crippen LogP contribution in [0, 0.1) is 6.92 Å². The molecule has 0 spiro atoms. The molecule has 0 bridgehead atoms. The second kappa shape index (κ2) is 5.38. The van der Waals surface area contributed by atoms with E-state index in [4.69, 9.17) is 4.74 Å². The predicted molar refractivity (Wildman–Crippen MR) is 85.1 cm³/mol. The zero-order valence-corrected chi connectivity index (χ0v) is 13.1. The lowest BCUT2D eigenvalue weighted by molar-refractivity contribution is 0.415. The molecule has 3 aromatic rings. The van der Waals surface area contributed by atoms with Crippen molar-refractivity contribution < 1.29 is 4.74 Å². The molecule has 1 unspecified atom stereocenters. The lowest BCUT2D eigenvalue weighted by Crippen LogP contribution is -2.05. The fourth-order valence-corrected chi connectivity index (χ4v) is 3.67. The van der Waals surface area contributed by atoms with Crippen LogP contribution in [0.15, 0.2) is 24.4 Å². The molecule has 0 amide bonds. The number of benzene rings is 1. The maximum atomic E-state index is 5.23. The van der Waals surface area contributed by atoms with E-state index >= 15 is 0 Å². The second-order valence-electron chi connectivity index (χ2n) is 4.53. The van der Waals surface area contributed by atoms with E-state index in [1.165, 1.54) is 4.88 Å². The number of hydrogen-bond acceptors (Lipinski definition) is 6. The third-order valence-electron chi connectivity index (χ3n) is 2.95. The molecule has 2 aromatic heterocycles. The largest absolute Gasteiger partial charge is 0.497 e. The number of nitrogens with one attached hydrogen (secondary N) is 1. The Kier molecular flexibility index (Phi) is 3.58. The molecular weight excluding hydrogens is 290 g/mol. The molecule has 1 aromatic carbocycles. The van der Waals surface area contributed by atoms with E-state index in [1.807, 2.05) is 24.4 Å². The molecule has 0 aliphatic rings. The van der Waals surface area contributed by atoms with Crippen LogP contribution in [0.1, 0.15) is 22.9 Å². The number of rotatable bonds is 4. The Balaban J connectivity index is 1.83. The predicted octanol–water partition coefficient (Wildman–Crippen LogP) is 4.24. The van der Waals surface area contributed by atoms with Gasteiger partial charge in [-0.25, -0.2) is 9.97 Å². The van der Waals surface area contributed by atoms with Crippen molar-refractivity contribution in [1.82, 2.24) is 9.97 Å². The van der Waals surface area contributed by atoms with E-state index in [0.717, 1.165) is 26.1 Å². The summed E-state index contributed by atoms with van der Waals surface area (Å²) in [6, 6.07) is 6.08. The Morgan fingerprint density at radius 3 is 2.85 bits per heavy atom. The van der Waals surface area contributed by atoms with Gasteiger partial charge in [-0.3, -0.25) is 0 Å². The molecule has 0 radical (unpaired) electrons. The summed E-state index contributed by atoms with van der Waals surface area (Å²) in [7, 11) is 1.67. The van der Waals surface area contributed by atoms with Crippen LogP contribution < -0.4 is 10.1 Å². The van der Waals surface area contributed by atoms with Gasteiger partial charge in [0.2, 0.25) is 0 Å². The molecule has 4 nitrogen and oxygen atoms in total. The third kappa shape index (κ3) is 2.62. The Morgan fingerprint density at radius 1 is 1.30 bits per heavy atom. The van der Waals surface area contributed by atoms with Gasteiger partial charge in [0, 0.05) is 11.1 Å². The van der Waals surface area contributed by atoms with Crippen molar-refractivity contribution in [3.8, 4) is 5.75 Å². The average molecular weight is 305 g/mol. The standard InChI is InChI=1S/C14H15N3OS2/c1-8-7-15-13(19-8)9(2)16-14-17-11-5-4-10(18-3)6-12(11)20-14/h4-7,9H,1-3H3,(H,16,17). The minimum absolute atomic E-state index is 0.163. The van der Waals surface area contributed by atoms with Gasteiger partial charge in [0.15, 0.2) is 5.13 Å². The van der Waals surface area contributed by atoms with Crippen molar-refractivity contribution in [3.63, 3.8) is 0 Å². The van der Waals surface area contributed by atoms with Gasteiger partial charge in [-0.05, 0) is 32.0 Å². The number of aromatic nitrogens is 2. The first-order valence-electron chi connectivity index (χ1n) is 6.29. The van der Waals surface area contributed by atoms with Crippen LogP contribution in [0.5, 0.6) is 5.75 Å². The first-order chi connectivity index (χ1) is 9.65. The van der Waals surface area contributed by atoms with Gasteiger partial charge in [0.25, 0.3) is 0 Å². The summed E-state index contributed by atoms with van der Waals surface area (Å²) < 4.78 is 6.35. The van der Waals surface area contributed by atoms with Crippen molar-refractivity contribution in [3.05, 3.63) is 34.3 Å². The van der Waals surface area contributed by atoms with Crippen LogP contribution in [0.4, 0.5) is 5.13 Å². The number of anilines is 1. The highest BCUT2D eigenvalue weighted by Crippen LogP contribution is 2.31. The zero-order chi connectivity index (χ0) is 14.1. The Bertz CT molecular complexity index is 735. The van der Waals surface area contributed by atoms with Crippen LogP contribution in [0.2, 0.25) is 0 Å². The van der Waals surface area contributed by atoms with Gasteiger partial charge >= 0.3 is 0 Å². The summed E-state index contributed by atoms with van der Waals surface area (Å²) in [5, 5.41) is 5.41. The Morgan fingerprint density at radius 2 is 2.15 bits per heavy atom. The highest BCUT2D eigenvalue weighted by atomic mass is 32.1. The highest BCUT2D eigenvalue weighted by molar-refractivity contribution is 7.22. The molecule has 3 rings (SSSR count). The highest BCUT2D eigenvalue weighted by Gasteiger charge is 2.12. The number of methoxy groups -OCH3 is 1. The molecule has 0 saturated heterocycles. The van der Waals surface area contributed by atoms with Crippen LogP contribution in [0.25, 0.3) is 10.2 Å². The van der Waals surface area contributed by atoms with E-state index in [-0.39, 0.29) is 6.04 Å². The Labute approximate surface area is 125 Å². The SMILES string of the molecule is COc1ccc2nc(NC(C)c3ncc(C)s3)sc2c1. The van der Waals surface area contributed by atoms with Crippen LogP contribution in [-0.4, -0.2) is 17.1 Å². The summed E-state index contributed by atoms with van der Waals surface area (Å²) in [4.78, 5) is 10.2. The number of nitrogens with zero attached hydrogens (tertiary/aromatic N) is 2. The van der Waals surface area contributed by atoms with Crippen LogP contribution in [-0.2, 0) is 0 Å². The second-order valence-corrected chi connectivity index (χ2v) is 6.82. The fourth-order valence-electron chi connectivity index (χ4n) is 1.91. The summed E-state index contributed by atoms with van der Waals surface area (Å²) >= 11 is 3.34. The number of ether oxygens (including phenoxy) is 1. The number of thiazole rings is 2. The molecule has 1 atom stereocenters. The van der Waals surface area contributed by atoms with E-state index in [1.54, 1.807) is 29.8 Å². The molecule has 0 saturated carbocycles. The summed E-state index contributed by atoms with van der Waals surface area (Å²) in [6.07, 6.45) is 1.90. The summed E-state index contributed by atoms with van der Waals surface area (Å²) in [5.41, 5.74) is 0.987. The smallest absolute Gasteiger partial charge is 0.184 e. The van der Waals surface area contributed by atoms with Crippen molar-refractivity contribution >= 4 is 38.0 Å². The molecule has 6 heteroatoms. The third-order valence-corrected chi connectivity index (χ3v) is 4.99. The van der Waals surface area contributed by atoms with E-state index in [9.17, 15) is 0 Å². The number of aryl methyl sites for hydroxylation is 1. The normalized spacial score (nSPS) is 12.6. The van der Waals surface area contributed by atoms with Gasteiger partial charge in [0.1, 0.15) is 10.8 Å². The monoisotopic (exact) mass is 305 g/mol. The number of fused-ring (bicyclic) bond motifs is 1. The molecule has 0 aliphatic heterocycles. The molecular formula is C14H15N3OS2. The molecule has 0 fully saturated rings. The van der Waals surface area contributed by atoms with Gasteiger partial charge < -0.3 is 10.1 Å². The summed E-state index contributed by atoms with van der Waals surface area (Å²) in [6.45, 7) is 4.17. The molecule has 0 aliphatic carbocycles. The average Bonchev–Trinajstić information content (AvgIpc) is 3.03. The van der Waals surface area contributed by atoms with Crippen molar-refractivity contribution in [2.24, 2.45) is 0 Å². The zero-order valence-electron chi connectivity index (χ0n) is 11.5. The lowest BCUT2D eigenvalue weighted by Gasteiger charge is -2.08. The minimum Gasteiger partial charge on any atom is -0.497 e. The minimum atomic E-state index is 0.163. The van der Waals surface area contributed by atoms with E-state index in [0.29, 0.717) is 0 Å². The van der Waals surface area contributed by atoms with Crippen molar-refractivity contribution in [1.29, 1.82) is 0 Å². The van der Waals surface area contributed by atoms with Crippen LogP contribution in [0.3, 0.4) is 0 Å². The molecule has 1 N–H and O–H groups in total. The topological polar surface area (TPSA) is 47.0 Å². The lowest BCUT2D eigenvalue weighted by atomic mass is 10.3. The number of hydrogen-bond donors (Lipinski definition) is 1. The van der Waals surface area contributed by atoms with Crippen molar-refractivity contribution in [2.45, 2.75) is 19.9 Å². The molecule has 104 valence electrons.